The summed E-state index contributed by atoms with van der Waals surface area (Å²) in [5, 5.41) is 0. The summed E-state index contributed by atoms with van der Waals surface area (Å²) < 4.78 is 5.63. The molecular formula is C12H15NO. The lowest BCUT2D eigenvalue weighted by Gasteiger charge is -2.28. The topological polar surface area (TPSA) is 21.6 Å². The molecule has 74 valence electrons. The highest BCUT2D eigenvalue weighted by atomic mass is 16.5. The monoisotopic (exact) mass is 189 g/mol. The summed E-state index contributed by atoms with van der Waals surface area (Å²) in [5.41, 5.74) is 1.25. The van der Waals surface area contributed by atoms with Crippen LogP contribution < -0.4 is 0 Å². The molecule has 0 radical (unpaired) electrons. The van der Waals surface area contributed by atoms with Crippen molar-refractivity contribution in [3.63, 3.8) is 0 Å². The van der Waals surface area contributed by atoms with E-state index < -0.39 is 0 Å². The second kappa shape index (κ2) is 3.45. The van der Waals surface area contributed by atoms with E-state index in [0.717, 1.165) is 24.6 Å². The first-order chi connectivity index (χ1) is 6.67. The van der Waals surface area contributed by atoms with Gasteiger partial charge in [0.15, 0.2) is 0 Å². The molecule has 0 spiro atoms. The van der Waals surface area contributed by atoms with Crippen molar-refractivity contribution in [2.45, 2.75) is 13.8 Å². The van der Waals surface area contributed by atoms with Crippen LogP contribution in [0.25, 0.3) is 0 Å². The van der Waals surface area contributed by atoms with Crippen LogP contribution in [0.2, 0.25) is 0 Å². The Balaban J connectivity index is 2.19. The predicted octanol–water partition coefficient (Wildman–Crippen LogP) is 2.49. The molecule has 2 rings (SSSR count). The average Bonchev–Trinajstić information content (AvgIpc) is 2.19. The Morgan fingerprint density at radius 2 is 1.93 bits per heavy atom. The second-order valence-corrected chi connectivity index (χ2v) is 4.44. The Morgan fingerprint density at radius 1 is 1.21 bits per heavy atom. The quantitative estimate of drug-likeness (QED) is 0.665. The summed E-state index contributed by atoms with van der Waals surface area (Å²) in [7, 11) is 0. The molecule has 1 aliphatic rings. The summed E-state index contributed by atoms with van der Waals surface area (Å²) >= 11 is 0. The zero-order valence-corrected chi connectivity index (χ0v) is 8.66. The summed E-state index contributed by atoms with van der Waals surface area (Å²) in [6.45, 7) is 5.93. The molecule has 1 aliphatic heterocycles. The molecule has 2 nitrogen and oxygen atoms in total. The summed E-state index contributed by atoms with van der Waals surface area (Å²) in [6, 6.07) is 10.0. The van der Waals surface area contributed by atoms with Crippen molar-refractivity contribution in [1.29, 1.82) is 0 Å². The van der Waals surface area contributed by atoms with Crippen molar-refractivity contribution >= 4 is 5.90 Å². The normalized spacial score (nSPS) is 19.7. The number of aliphatic imine (C=N–C) groups is 1. The third-order valence-electron chi connectivity index (χ3n) is 2.27. The van der Waals surface area contributed by atoms with Crippen LogP contribution in [0, 0.1) is 5.41 Å². The molecule has 0 bridgehead atoms. The van der Waals surface area contributed by atoms with Crippen molar-refractivity contribution < 1.29 is 4.74 Å². The molecule has 0 saturated carbocycles. The predicted molar refractivity (Wildman–Crippen MR) is 57.6 cm³/mol. The lowest BCUT2D eigenvalue weighted by Crippen LogP contribution is -2.30. The number of rotatable bonds is 1. The highest BCUT2D eigenvalue weighted by Gasteiger charge is 2.24. The Morgan fingerprint density at radius 3 is 2.50 bits per heavy atom. The lowest BCUT2D eigenvalue weighted by atomic mass is 9.94. The summed E-state index contributed by atoms with van der Waals surface area (Å²) in [6.07, 6.45) is 0. The fourth-order valence-electron chi connectivity index (χ4n) is 1.40. The highest BCUT2D eigenvalue weighted by molar-refractivity contribution is 5.94. The molecule has 1 aromatic rings. The molecule has 14 heavy (non-hydrogen) atoms. The van der Waals surface area contributed by atoms with Gasteiger partial charge in [-0.2, -0.15) is 0 Å². The molecule has 0 N–H and O–H groups in total. The molecule has 0 fully saturated rings. The zero-order chi connectivity index (χ0) is 10.0. The van der Waals surface area contributed by atoms with E-state index in [-0.39, 0.29) is 5.41 Å². The van der Waals surface area contributed by atoms with Crippen LogP contribution in [-0.4, -0.2) is 19.0 Å². The first-order valence-electron chi connectivity index (χ1n) is 4.90. The van der Waals surface area contributed by atoms with Gasteiger partial charge in [-0.15, -0.1) is 0 Å². The number of hydrogen-bond acceptors (Lipinski definition) is 2. The Hall–Kier alpha value is -1.31. The fraction of sp³-hybridized carbons (Fsp3) is 0.417. The SMILES string of the molecule is CC1(C)CN=C(c2ccccc2)OC1. The molecule has 0 amide bonds. The Kier molecular flexibility index (Phi) is 2.28. The van der Waals surface area contributed by atoms with Crippen molar-refractivity contribution in [1.82, 2.24) is 0 Å². The lowest BCUT2D eigenvalue weighted by molar-refractivity contribution is 0.157. The second-order valence-electron chi connectivity index (χ2n) is 4.44. The largest absolute Gasteiger partial charge is 0.477 e. The van der Waals surface area contributed by atoms with E-state index in [0.29, 0.717) is 0 Å². The molecule has 2 heteroatoms. The molecule has 1 heterocycles. The van der Waals surface area contributed by atoms with Crippen molar-refractivity contribution in [2.24, 2.45) is 10.4 Å². The molecule has 0 aromatic heterocycles. The Bertz CT molecular complexity index is 341. The van der Waals surface area contributed by atoms with Gasteiger partial charge in [0, 0.05) is 11.0 Å². The minimum Gasteiger partial charge on any atom is -0.477 e. The van der Waals surface area contributed by atoms with Crippen LogP contribution >= 0.6 is 0 Å². The minimum absolute atomic E-state index is 0.179. The van der Waals surface area contributed by atoms with E-state index in [9.17, 15) is 0 Å². The van der Waals surface area contributed by atoms with E-state index >= 15 is 0 Å². The average molecular weight is 189 g/mol. The van der Waals surface area contributed by atoms with Gasteiger partial charge in [-0.3, -0.25) is 4.99 Å². The molecule has 0 aliphatic carbocycles. The zero-order valence-electron chi connectivity index (χ0n) is 8.66. The van der Waals surface area contributed by atoms with E-state index in [1.807, 2.05) is 30.3 Å². The molecule has 0 saturated heterocycles. The molecule has 0 atom stereocenters. The molecule has 1 aromatic carbocycles. The maximum Gasteiger partial charge on any atom is 0.216 e. The smallest absolute Gasteiger partial charge is 0.216 e. The maximum atomic E-state index is 5.63. The first kappa shape index (κ1) is 9.25. The van der Waals surface area contributed by atoms with Crippen molar-refractivity contribution in [3.05, 3.63) is 35.9 Å². The van der Waals surface area contributed by atoms with E-state index in [2.05, 4.69) is 18.8 Å². The van der Waals surface area contributed by atoms with E-state index in [1.165, 1.54) is 0 Å². The number of ether oxygens (including phenoxy) is 1. The number of hydrogen-bond donors (Lipinski definition) is 0. The van der Waals surface area contributed by atoms with Gasteiger partial charge in [0.2, 0.25) is 5.90 Å². The molecule has 0 unspecified atom stereocenters. The highest BCUT2D eigenvalue weighted by Crippen LogP contribution is 2.21. The van der Waals surface area contributed by atoms with Gasteiger partial charge >= 0.3 is 0 Å². The van der Waals surface area contributed by atoms with Crippen molar-refractivity contribution in [3.8, 4) is 0 Å². The summed E-state index contributed by atoms with van der Waals surface area (Å²) in [5.74, 6) is 0.782. The van der Waals surface area contributed by atoms with Gasteiger partial charge in [0.05, 0.1) is 13.2 Å². The number of nitrogens with zero attached hydrogens (tertiary/aromatic N) is 1. The van der Waals surface area contributed by atoms with Crippen LogP contribution in [0.1, 0.15) is 19.4 Å². The Labute approximate surface area is 84.6 Å². The minimum atomic E-state index is 0.179. The third kappa shape index (κ3) is 1.95. The van der Waals surface area contributed by atoms with E-state index in [1.54, 1.807) is 0 Å². The first-order valence-corrected chi connectivity index (χ1v) is 4.90. The van der Waals surface area contributed by atoms with Crippen LogP contribution in [0.4, 0.5) is 0 Å². The van der Waals surface area contributed by atoms with Crippen molar-refractivity contribution in [2.75, 3.05) is 13.2 Å². The fourth-order valence-corrected chi connectivity index (χ4v) is 1.40. The van der Waals surface area contributed by atoms with Gasteiger partial charge in [0.25, 0.3) is 0 Å². The van der Waals surface area contributed by atoms with Gasteiger partial charge in [-0.1, -0.05) is 32.0 Å². The van der Waals surface area contributed by atoms with Gasteiger partial charge in [-0.25, -0.2) is 0 Å². The van der Waals surface area contributed by atoms with Gasteiger partial charge in [-0.05, 0) is 12.1 Å². The third-order valence-corrected chi connectivity index (χ3v) is 2.27. The van der Waals surface area contributed by atoms with E-state index in [4.69, 9.17) is 4.74 Å². The standard InChI is InChI=1S/C12H15NO/c1-12(2)8-13-11(14-9-12)10-6-4-3-5-7-10/h3-7H,8-9H2,1-2H3. The van der Waals surface area contributed by atoms with Gasteiger partial charge < -0.3 is 4.74 Å². The van der Waals surface area contributed by atoms with Crippen LogP contribution in [0.15, 0.2) is 35.3 Å². The van der Waals surface area contributed by atoms with Gasteiger partial charge in [0.1, 0.15) is 0 Å². The summed E-state index contributed by atoms with van der Waals surface area (Å²) in [4.78, 5) is 4.45. The van der Waals surface area contributed by atoms with Crippen LogP contribution in [0.3, 0.4) is 0 Å². The molecular weight excluding hydrogens is 174 g/mol. The maximum absolute atomic E-state index is 5.63. The number of benzene rings is 1. The van der Waals surface area contributed by atoms with Crippen LogP contribution in [-0.2, 0) is 4.74 Å². The van der Waals surface area contributed by atoms with Crippen LogP contribution in [0.5, 0.6) is 0 Å².